The molecule has 1 aromatic carbocycles. The van der Waals surface area contributed by atoms with E-state index in [4.69, 9.17) is 5.73 Å². The van der Waals surface area contributed by atoms with Crippen molar-refractivity contribution in [3.8, 4) is 0 Å². The van der Waals surface area contributed by atoms with Crippen LogP contribution in [0.15, 0.2) is 12.1 Å². The number of nitrogens with one attached hydrogen (secondary N) is 1. The summed E-state index contributed by atoms with van der Waals surface area (Å²) < 4.78 is 0. The summed E-state index contributed by atoms with van der Waals surface area (Å²) in [4.78, 5) is 8.08. The molecule has 3 nitrogen and oxygen atoms in total. The molecule has 2 aromatic rings. The average molecular weight is 231 g/mol. The first kappa shape index (κ1) is 12.1. The van der Waals surface area contributed by atoms with Crippen molar-refractivity contribution in [2.45, 2.75) is 33.6 Å². The molecule has 0 fully saturated rings. The second-order valence-corrected chi connectivity index (χ2v) is 5.16. The molecule has 0 amide bonds. The van der Waals surface area contributed by atoms with Crippen LogP contribution >= 0.6 is 0 Å². The molecule has 3 N–H and O–H groups in total. The van der Waals surface area contributed by atoms with Gasteiger partial charge in [0.2, 0.25) is 0 Å². The zero-order valence-electron chi connectivity index (χ0n) is 11.0. The van der Waals surface area contributed by atoms with E-state index in [-0.39, 0.29) is 0 Å². The van der Waals surface area contributed by atoms with E-state index in [0.29, 0.717) is 18.4 Å². The van der Waals surface area contributed by atoms with Gasteiger partial charge in [-0.3, -0.25) is 0 Å². The summed E-state index contributed by atoms with van der Waals surface area (Å²) in [6, 6.07) is 4.30. The molecule has 1 heterocycles. The summed E-state index contributed by atoms with van der Waals surface area (Å²) in [6.45, 7) is 9.24. The maximum Gasteiger partial charge on any atom is 0.111 e. The zero-order chi connectivity index (χ0) is 12.6. The Morgan fingerprint density at radius 3 is 2.47 bits per heavy atom. The van der Waals surface area contributed by atoms with Gasteiger partial charge in [-0.25, -0.2) is 4.98 Å². The van der Waals surface area contributed by atoms with Crippen LogP contribution in [0.2, 0.25) is 0 Å². The van der Waals surface area contributed by atoms with E-state index in [1.807, 2.05) is 0 Å². The van der Waals surface area contributed by atoms with Crippen molar-refractivity contribution in [1.82, 2.24) is 9.97 Å². The molecule has 92 valence electrons. The van der Waals surface area contributed by atoms with Crippen molar-refractivity contribution in [1.29, 1.82) is 0 Å². The highest BCUT2D eigenvalue weighted by molar-refractivity contribution is 5.77. The van der Waals surface area contributed by atoms with Gasteiger partial charge >= 0.3 is 0 Å². The van der Waals surface area contributed by atoms with E-state index in [2.05, 4.69) is 49.8 Å². The Balaban J connectivity index is 2.50. The molecule has 0 spiro atoms. The number of rotatable bonds is 3. The third-order valence-corrected chi connectivity index (χ3v) is 3.53. The minimum Gasteiger partial charge on any atom is -0.342 e. The van der Waals surface area contributed by atoms with Crippen LogP contribution in [0.5, 0.6) is 0 Å². The molecule has 2 rings (SSSR count). The number of H-pyrrole nitrogens is 1. The van der Waals surface area contributed by atoms with Gasteiger partial charge in [0.05, 0.1) is 11.0 Å². The van der Waals surface area contributed by atoms with Crippen LogP contribution in [-0.2, 0) is 0 Å². The van der Waals surface area contributed by atoms with Crippen LogP contribution in [0.1, 0.15) is 36.7 Å². The van der Waals surface area contributed by atoms with Crippen LogP contribution in [0, 0.1) is 19.8 Å². The van der Waals surface area contributed by atoms with Crippen molar-refractivity contribution in [3.63, 3.8) is 0 Å². The molecule has 0 aliphatic carbocycles. The molecule has 0 radical (unpaired) electrons. The van der Waals surface area contributed by atoms with Crippen molar-refractivity contribution in [2.24, 2.45) is 11.7 Å². The van der Waals surface area contributed by atoms with Crippen molar-refractivity contribution >= 4 is 11.0 Å². The lowest BCUT2D eigenvalue weighted by molar-refractivity contribution is 0.488. The molecule has 1 atom stereocenters. The van der Waals surface area contributed by atoms with Gasteiger partial charge in [0.25, 0.3) is 0 Å². The number of aryl methyl sites for hydroxylation is 2. The van der Waals surface area contributed by atoms with Crippen molar-refractivity contribution in [2.75, 3.05) is 6.54 Å². The lowest BCUT2D eigenvalue weighted by atomic mass is 9.95. The molecule has 0 aliphatic heterocycles. The molecule has 1 unspecified atom stereocenters. The largest absolute Gasteiger partial charge is 0.342 e. The summed E-state index contributed by atoms with van der Waals surface area (Å²) in [6.07, 6.45) is 0. The molecule has 0 aliphatic rings. The van der Waals surface area contributed by atoms with Gasteiger partial charge in [0, 0.05) is 12.5 Å². The average Bonchev–Trinajstić information content (AvgIpc) is 2.61. The first-order chi connectivity index (χ1) is 8.02. The van der Waals surface area contributed by atoms with Crippen LogP contribution in [0.4, 0.5) is 0 Å². The Kier molecular flexibility index (Phi) is 3.20. The van der Waals surface area contributed by atoms with Gasteiger partial charge in [-0.15, -0.1) is 0 Å². The number of hydrogen-bond acceptors (Lipinski definition) is 2. The summed E-state index contributed by atoms with van der Waals surface area (Å²) in [7, 11) is 0. The smallest absolute Gasteiger partial charge is 0.111 e. The van der Waals surface area contributed by atoms with E-state index in [1.54, 1.807) is 0 Å². The SMILES string of the molecule is Cc1cc2nc(C(CN)C(C)C)[nH]c2cc1C. The van der Waals surface area contributed by atoms with Gasteiger partial charge in [-0.1, -0.05) is 13.8 Å². The quantitative estimate of drug-likeness (QED) is 0.853. The second-order valence-electron chi connectivity index (χ2n) is 5.16. The summed E-state index contributed by atoms with van der Waals surface area (Å²) >= 11 is 0. The Labute approximate surface area is 102 Å². The number of hydrogen-bond donors (Lipinski definition) is 2. The van der Waals surface area contributed by atoms with Crippen LogP contribution < -0.4 is 5.73 Å². The maximum absolute atomic E-state index is 5.83. The Hall–Kier alpha value is -1.35. The van der Waals surface area contributed by atoms with Gasteiger partial charge in [-0.2, -0.15) is 0 Å². The maximum atomic E-state index is 5.83. The number of aromatic nitrogens is 2. The second kappa shape index (κ2) is 4.49. The van der Waals surface area contributed by atoms with Crippen LogP contribution in [0.3, 0.4) is 0 Å². The van der Waals surface area contributed by atoms with E-state index in [0.717, 1.165) is 16.9 Å². The fraction of sp³-hybridized carbons (Fsp3) is 0.500. The minimum absolute atomic E-state index is 0.308. The lowest BCUT2D eigenvalue weighted by Gasteiger charge is -2.15. The van der Waals surface area contributed by atoms with Gasteiger partial charge in [-0.05, 0) is 43.0 Å². The van der Waals surface area contributed by atoms with Gasteiger partial charge < -0.3 is 10.7 Å². The normalized spacial score (nSPS) is 13.5. The fourth-order valence-electron chi connectivity index (χ4n) is 2.16. The topological polar surface area (TPSA) is 54.7 Å². The fourth-order valence-corrected chi connectivity index (χ4v) is 2.16. The van der Waals surface area contributed by atoms with E-state index < -0.39 is 0 Å². The monoisotopic (exact) mass is 231 g/mol. The van der Waals surface area contributed by atoms with E-state index >= 15 is 0 Å². The summed E-state index contributed by atoms with van der Waals surface area (Å²) in [5.41, 5.74) is 10.6. The first-order valence-corrected chi connectivity index (χ1v) is 6.20. The lowest BCUT2D eigenvalue weighted by Crippen LogP contribution is -2.18. The molecular weight excluding hydrogens is 210 g/mol. The number of aromatic amines is 1. The van der Waals surface area contributed by atoms with E-state index in [9.17, 15) is 0 Å². The molecule has 0 bridgehead atoms. The Morgan fingerprint density at radius 2 is 1.88 bits per heavy atom. The standard InChI is InChI=1S/C14H21N3/c1-8(2)11(7-15)14-16-12-5-9(3)10(4)6-13(12)17-14/h5-6,8,11H,7,15H2,1-4H3,(H,16,17). The van der Waals surface area contributed by atoms with Crippen LogP contribution in [0.25, 0.3) is 11.0 Å². The Bertz CT molecular complexity index is 486. The number of nitrogens with two attached hydrogens (primary N) is 1. The molecule has 3 heteroatoms. The predicted molar refractivity (Wildman–Crippen MR) is 72.2 cm³/mol. The highest BCUT2D eigenvalue weighted by Gasteiger charge is 2.18. The molecule has 0 saturated carbocycles. The summed E-state index contributed by atoms with van der Waals surface area (Å²) in [5.74, 6) is 1.83. The van der Waals surface area contributed by atoms with Crippen molar-refractivity contribution in [3.05, 3.63) is 29.1 Å². The number of benzene rings is 1. The predicted octanol–water partition coefficient (Wildman–Crippen LogP) is 2.88. The minimum atomic E-state index is 0.308. The molecular formula is C14H21N3. The van der Waals surface area contributed by atoms with E-state index in [1.165, 1.54) is 11.1 Å². The summed E-state index contributed by atoms with van der Waals surface area (Å²) in [5, 5.41) is 0. The Morgan fingerprint density at radius 1 is 1.24 bits per heavy atom. The number of nitrogens with zero attached hydrogens (tertiary/aromatic N) is 1. The molecule has 17 heavy (non-hydrogen) atoms. The van der Waals surface area contributed by atoms with Gasteiger partial charge in [0.1, 0.15) is 5.82 Å². The number of fused-ring (bicyclic) bond motifs is 1. The number of imidazole rings is 1. The van der Waals surface area contributed by atoms with Gasteiger partial charge in [0.15, 0.2) is 0 Å². The molecule has 0 saturated heterocycles. The molecule has 1 aromatic heterocycles. The highest BCUT2D eigenvalue weighted by Crippen LogP contribution is 2.24. The van der Waals surface area contributed by atoms with Crippen LogP contribution in [-0.4, -0.2) is 16.5 Å². The zero-order valence-corrected chi connectivity index (χ0v) is 11.0. The first-order valence-electron chi connectivity index (χ1n) is 6.20. The van der Waals surface area contributed by atoms with Crippen molar-refractivity contribution < 1.29 is 0 Å². The third kappa shape index (κ3) is 2.20. The highest BCUT2D eigenvalue weighted by atomic mass is 14.9. The third-order valence-electron chi connectivity index (χ3n) is 3.53.